The Morgan fingerprint density at radius 1 is 1.00 bits per heavy atom. The van der Waals surface area contributed by atoms with Crippen LogP contribution in [0, 0.1) is 0 Å². The van der Waals surface area contributed by atoms with Crippen molar-refractivity contribution in [3.63, 3.8) is 0 Å². The largest absolute Gasteiger partial charge is 1.00 e. The Morgan fingerprint density at radius 3 is 2.18 bits per heavy atom. The van der Waals surface area contributed by atoms with E-state index in [1.165, 1.54) is 0 Å². The van der Waals surface area contributed by atoms with Crippen molar-refractivity contribution in [1.29, 1.82) is 0 Å². The van der Waals surface area contributed by atoms with Gasteiger partial charge in [-0.25, -0.2) is 18.7 Å². The minimum Gasteiger partial charge on any atom is -0.858 e. The second kappa shape index (κ2) is 15.6. The van der Waals surface area contributed by atoms with Crippen LogP contribution in [0.2, 0.25) is 0 Å². The van der Waals surface area contributed by atoms with Gasteiger partial charge in [-0.15, -0.1) is 0 Å². The Bertz CT molecular complexity index is 1080. The van der Waals surface area contributed by atoms with Crippen LogP contribution in [0.15, 0.2) is 17.1 Å². The van der Waals surface area contributed by atoms with E-state index in [0.29, 0.717) is 4.57 Å². The van der Waals surface area contributed by atoms with Gasteiger partial charge >= 0.3 is 116 Å². The summed E-state index contributed by atoms with van der Waals surface area (Å²) < 4.78 is 47.5. The van der Waals surface area contributed by atoms with Gasteiger partial charge in [0.25, 0.3) is 7.82 Å². The van der Waals surface area contributed by atoms with Crippen LogP contribution in [0.1, 0.15) is 6.23 Å². The zero-order valence-electron chi connectivity index (χ0n) is 19.8. The molecule has 206 valence electrons. The molecule has 0 spiro atoms. The topological polar surface area (TPSA) is 303 Å². The van der Waals surface area contributed by atoms with Crippen LogP contribution in [0.5, 0.6) is 5.88 Å². The maximum absolute atomic E-state index is 12.1. The average molecular weight is 642 g/mol. The van der Waals surface area contributed by atoms with Crippen LogP contribution in [-0.2, 0) is 32.0 Å². The van der Waals surface area contributed by atoms with Crippen molar-refractivity contribution in [1.82, 2.24) is 9.55 Å². The van der Waals surface area contributed by atoms with Crippen molar-refractivity contribution in [3.05, 3.63) is 22.7 Å². The van der Waals surface area contributed by atoms with Crippen LogP contribution in [-0.4, -0.2) is 107 Å². The Labute approximate surface area is 298 Å². The summed E-state index contributed by atoms with van der Waals surface area (Å²) in [5.41, 5.74) is -1.13. The molecule has 2 fully saturated rings. The minimum absolute atomic E-state index is 0. The number of nitrogens with zero attached hydrogens (tertiary/aromatic N) is 2. The van der Waals surface area contributed by atoms with E-state index in [0.717, 1.165) is 12.3 Å². The summed E-state index contributed by atoms with van der Waals surface area (Å²) in [7, 11) is -11.4. The van der Waals surface area contributed by atoms with Gasteiger partial charge in [0.15, 0.2) is 12.5 Å². The van der Waals surface area contributed by atoms with E-state index in [1.807, 2.05) is 0 Å². The summed E-state index contributed by atoms with van der Waals surface area (Å²) in [5, 5.41) is 69.6. The summed E-state index contributed by atoms with van der Waals surface area (Å²) in [5.74, 6) is -0.882. The van der Waals surface area contributed by atoms with Gasteiger partial charge in [0.2, 0.25) is 0 Å². The monoisotopic (exact) mass is 642 g/mol. The predicted octanol–water partition coefficient (Wildman–Crippen LogP) is -11.6. The van der Waals surface area contributed by atoms with E-state index < -0.39 is 95.7 Å². The number of rotatable bonds is 9. The summed E-state index contributed by atoms with van der Waals surface area (Å²) in [6.07, 6.45) is -15.7. The Morgan fingerprint density at radius 2 is 1.61 bits per heavy atom. The number of hydrogen-bond donors (Lipinski definition) is 7. The van der Waals surface area contributed by atoms with Gasteiger partial charge in [-0.2, -0.15) is 0 Å². The van der Waals surface area contributed by atoms with Gasteiger partial charge in [-0.05, 0) is 11.9 Å². The molecule has 7 N–H and O–H groups in total. The molecule has 0 saturated carbocycles. The van der Waals surface area contributed by atoms with Crippen LogP contribution >= 0.6 is 15.6 Å². The van der Waals surface area contributed by atoms with E-state index in [1.54, 1.807) is 0 Å². The van der Waals surface area contributed by atoms with E-state index in [9.17, 15) is 54.4 Å². The molecule has 0 radical (unpaired) electrons. The zero-order valence-corrected chi connectivity index (χ0v) is 27.8. The predicted molar refractivity (Wildman–Crippen MR) is 103 cm³/mol. The van der Waals surface area contributed by atoms with Gasteiger partial charge in [0.1, 0.15) is 42.7 Å². The molecule has 1 aromatic heterocycles. The second-order valence-electron chi connectivity index (χ2n) is 7.60. The molecule has 3 rings (SSSR count). The SMILES string of the molecule is O=c1nc([O-])ccn1[C@@H]1O[C@H](COP(=O)([O-])OP(=O)(O)O[C@H]2O[C@H](CO)[C@H](O)[C@H](O)[C@H]2O)[C@@H](O)[C@H]1O.[K+].[K+]. The fraction of sp³-hybridized carbons (Fsp3) is 0.733. The number of aliphatic hydroxyl groups is 6. The molecule has 2 aliphatic heterocycles. The fourth-order valence-electron chi connectivity index (χ4n) is 3.31. The van der Waals surface area contributed by atoms with Crippen molar-refractivity contribution in [2.75, 3.05) is 13.2 Å². The number of aromatic nitrogens is 2. The molecule has 2 saturated heterocycles. The first-order valence-corrected chi connectivity index (χ1v) is 12.9. The van der Waals surface area contributed by atoms with Gasteiger partial charge in [0.05, 0.1) is 13.2 Å². The molecule has 23 heteroatoms. The Balaban J connectivity index is 0.00000361. The van der Waals surface area contributed by atoms with E-state index in [4.69, 9.17) is 14.6 Å². The molecule has 2 aliphatic rings. The number of hydrogen-bond acceptors (Lipinski definition) is 17. The van der Waals surface area contributed by atoms with E-state index in [-0.39, 0.29) is 103 Å². The molecular weight excluding hydrogens is 620 g/mol. The van der Waals surface area contributed by atoms with Crippen LogP contribution in [0.25, 0.3) is 0 Å². The van der Waals surface area contributed by atoms with Gasteiger partial charge < -0.3 is 59.5 Å². The molecule has 2 unspecified atom stereocenters. The van der Waals surface area contributed by atoms with Gasteiger partial charge in [0, 0.05) is 6.20 Å². The Hall–Kier alpha value is 1.89. The summed E-state index contributed by atoms with van der Waals surface area (Å²) in [6.45, 7) is -2.01. The maximum atomic E-state index is 12.1. The normalized spacial score (nSPS) is 36.4. The smallest absolute Gasteiger partial charge is 0.858 e. The van der Waals surface area contributed by atoms with Crippen molar-refractivity contribution in [2.45, 2.75) is 55.2 Å². The van der Waals surface area contributed by atoms with Gasteiger partial charge in [-0.3, -0.25) is 13.7 Å². The number of aliphatic hydroxyl groups excluding tert-OH is 6. The van der Waals surface area contributed by atoms with E-state index >= 15 is 0 Å². The second-order valence-corrected chi connectivity index (χ2v) is 10.6. The van der Waals surface area contributed by atoms with Crippen LogP contribution in [0.4, 0.5) is 0 Å². The first kappa shape index (κ1) is 37.9. The molecule has 0 aliphatic carbocycles. The molecule has 19 nitrogen and oxygen atoms in total. The maximum Gasteiger partial charge on any atom is 1.00 e. The molecule has 0 aromatic carbocycles. The van der Waals surface area contributed by atoms with E-state index in [2.05, 4.69) is 18.3 Å². The molecule has 0 amide bonds. The van der Waals surface area contributed by atoms with Crippen molar-refractivity contribution >= 4 is 15.6 Å². The van der Waals surface area contributed by atoms with Crippen molar-refractivity contribution < 1.29 is 180 Å². The third-order valence-electron chi connectivity index (χ3n) is 5.10. The minimum atomic E-state index is -5.74. The average Bonchev–Trinajstić information content (AvgIpc) is 3.06. The molecular formula is C15H22K2N2O17P2. The number of phosphoric acid groups is 2. The van der Waals surface area contributed by atoms with Gasteiger partial charge in [-0.1, -0.05) is 0 Å². The summed E-state index contributed by atoms with van der Waals surface area (Å²) in [6, 6.07) is 0.863. The fourth-order valence-corrected chi connectivity index (χ4v) is 5.43. The first-order chi connectivity index (χ1) is 16.7. The first-order valence-electron chi connectivity index (χ1n) is 9.92. The zero-order chi connectivity index (χ0) is 27.0. The molecule has 38 heavy (non-hydrogen) atoms. The van der Waals surface area contributed by atoms with Crippen LogP contribution in [0.3, 0.4) is 0 Å². The third-order valence-corrected chi connectivity index (χ3v) is 7.67. The quantitative estimate of drug-likeness (QED) is 0.0971. The summed E-state index contributed by atoms with van der Waals surface area (Å²) >= 11 is 0. The standard InChI is InChI=1S/C15H24N2O17P2.2K/c18-3-5-8(20)10(22)12(24)14(32-5)33-36(28,29)34-35(26,27)30-4-6-9(21)11(23)13(31-6)17-2-1-7(19)16-15(17)25;;/h1-2,5-6,8-14,18,20-24H,3-4H2,(H,26,27)(H,28,29)(H,16,19,25);;/q;2*+1/p-2/t5-,6-,8+,9-,10+,11-,12-,13-,14-;;/m1../s1. The number of phosphoric ester groups is 2. The molecule has 1 aromatic rings. The number of ether oxygens (including phenoxy) is 2. The third kappa shape index (κ3) is 9.45. The van der Waals surface area contributed by atoms with Crippen molar-refractivity contribution in [2.24, 2.45) is 0 Å². The molecule has 0 bridgehead atoms. The summed E-state index contributed by atoms with van der Waals surface area (Å²) in [4.78, 5) is 36.7. The molecule has 3 heterocycles. The Kier molecular flexibility index (Phi) is 15.5. The molecule has 11 atom stereocenters. The van der Waals surface area contributed by atoms with Crippen LogP contribution < -0.4 is 118 Å². The van der Waals surface area contributed by atoms with Crippen molar-refractivity contribution in [3.8, 4) is 5.88 Å².